The summed E-state index contributed by atoms with van der Waals surface area (Å²) in [6.45, 7) is 4.89. The predicted octanol–water partition coefficient (Wildman–Crippen LogP) is 3.23. The Hall–Kier alpha value is -1.28. The van der Waals surface area contributed by atoms with Crippen LogP contribution >= 0.6 is 27.3 Å². The molecule has 3 heterocycles. The Labute approximate surface area is 158 Å². The molecule has 0 spiro atoms. The van der Waals surface area contributed by atoms with Crippen molar-refractivity contribution in [2.45, 2.75) is 38.5 Å². The summed E-state index contributed by atoms with van der Waals surface area (Å²) in [5, 5.41) is 10.6. The molecule has 132 valence electrons. The average molecular weight is 423 g/mol. The largest absolute Gasteiger partial charge is 0.457 e. The van der Waals surface area contributed by atoms with Crippen LogP contribution in [-0.4, -0.2) is 40.2 Å². The minimum atomic E-state index is -0.362. The normalized spacial score (nSPS) is 23.6. The molecule has 0 radical (unpaired) electrons. The van der Waals surface area contributed by atoms with Gasteiger partial charge < -0.3 is 9.84 Å². The van der Waals surface area contributed by atoms with Crippen LogP contribution in [-0.2, 0) is 17.9 Å². The number of nitrogens with zero attached hydrogens (tertiary/aromatic N) is 2. The van der Waals surface area contributed by atoms with Crippen molar-refractivity contribution < 1.29 is 14.6 Å². The van der Waals surface area contributed by atoms with Gasteiger partial charge in [0.05, 0.1) is 11.7 Å². The van der Waals surface area contributed by atoms with Crippen LogP contribution in [0.4, 0.5) is 0 Å². The van der Waals surface area contributed by atoms with E-state index in [-0.39, 0.29) is 18.0 Å². The second-order valence-electron chi connectivity index (χ2n) is 6.66. The van der Waals surface area contributed by atoms with Crippen molar-refractivity contribution in [3.63, 3.8) is 0 Å². The van der Waals surface area contributed by atoms with Crippen LogP contribution in [0.1, 0.15) is 44.3 Å². The predicted molar refractivity (Wildman–Crippen MR) is 98.8 cm³/mol. The molecule has 0 amide bonds. The third-order valence-electron chi connectivity index (χ3n) is 5.17. The number of benzene rings is 1. The maximum absolute atomic E-state index is 11.7. The van der Waals surface area contributed by atoms with Crippen molar-refractivity contribution in [1.82, 2.24) is 9.88 Å². The van der Waals surface area contributed by atoms with Crippen molar-refractivity contribution in [2.24, 2.45) is 0 Å². The highest BCUT2D eigenvalue weighted by atomic mass is 79.9. The van der Waals surface area contributed by atoms with E-state index in [9.17, 15) is 9.90 Å². The van der Waals surface area contributed by atoms with Crippen molar-refractivity contribution in [2.75, 3.05) is 13.1 Å². The summed E-state index contributed by atoms with van der Waals surface area (Å²) < 4.78 is 6.05. The van der Waals surface area contributed by atoms with Gasteiger partial charge in [0.2, 0.25) is 0 Å². The van der Waals surface area contributed by atoms with E-state index in [1.165, 1.54) is 4.88 Å². The van der Waals surface area contributed by atoms with Gasteiger partial charge in [-0.2, -0.15) is 0 Å². The second kappa shape index (κ2) is 6.79. The van der Waals surface area contributed by atoms with Crippen LogP contribution in [0.3, 0.4) is 0 Å². The fourth-order valence-corrected chi connectivity index (χ4v) is 5.20. The van der Waals surface area contributed by atoms with Gasteiger partial charge in [0.1, 0.15) is 6.61 Å². The number of hydrogen-bond acceptors (Lipinski definition) is 6. The molecule has 1 N–H and O–H groups in total. The second-order valence-corrected chi connectivity index (χ2v) is 9.05. The molecule has 5 nitrogen and oxygen atoms in total. The third-order valence-corrected chi connectivity index (χ3v) is 6.63. The lowest BCUT2D eigenvalue weighted by Gasteiger charge is -2.37. The Morgan fingerprint density at radius 1 is 1.48 bits per heavy atom. The summed E-state index contributed by atoms with van der Waals surface area (Å²) in [6, 6.07) is 3.83. The zero-order valence-electron chi connectivity index (χ0n) is 13.9. The molecule has 2 atom stereocenters. The lowest BCUT2D eigenvalue weighted by Crippen LogP contribution is -2.41. The van der Waals surface area contributed by atoms with E-state index >= 15 is 0 Å². The van der Waals surface area contributed by atoms with E-state index in [4.69, 9.17) is 4.74 Å². The van der Waals surface area contributed by atoms with Crippen LogP contribution < -0.4 is 0 Å². The molecule has 1 fully saturated rings. The Bertz CT molecular complexity index is 823. The molecule has 1 aromatic carbocycles. The quantitative estimate of drug-likeness (QED) is 0.769. The fourth-order valence-electron chi connectivity index (χ4n) is 3.80. The number of fused-ring (bicyclic) bond motifs is 1. The first-order valence-electron chi connectivity index (χ1n) is 8.33. The van der Waals surface area contributed by atoms with Crippen molar-refractivity contribution >= 4 is 33.2 Å². The number of halogens is 1. The standard InChI is InChI=1S/C18H19BrN2O3S/c1-10-12(2-3-13-15(10)9-24-17(13)23)14-8-21(5-4-16(14)22)7-11-6-20-18(19)25-11/h2-3,6,14,16,22H,4-5,7-9H2,1H3/t14-,16+/m0/s1. The smallest absolute Gasteiger partial charge is 0.338 e. The number of cyclic esters (lactones) is 1. The lowest BCUT2D eigenvalue weighted by atomic mass is 9.83. The molecule has 2 aliphatic heterocycles. The summed E-state index contributed by atoms with van der Waals surface area (Å²) in [4.78, 5) is 19.6. The van der Waals surface area contributed by atoms with Crippen molar-refractivity contribution in [3.05, 3.63) is 49.4 Å². The highest BCUT2D eigenvalue weighted by molar-refractivity contribution is 9.11. The SMILES string of the molecule is Cc1c([C@@H]2CN(Cc3cnc(Br)s3)CC[C@H]2O)ccc2c1COC2=O. The van der Waals surface area contributed by atoms with Gasteiger partial charge in [-0.1, -0.05) is 6.07 Å². The van der Waals surface area contributed by atoms with Gasteiger partial charge in [-0.05, 0) is 46.5 Å². The van der Waals surface area contributed by atoms with Gasteiger partial charge in [-0.3, -0.25) is 4.90 Å². The van der Waals surface area contributed by atoms with Gasteiger partial charge in [-0.15, -0.1) is 11.3 Å². The number of aliphatic hydroxyl groups excluding tert-OH is 1. The Balaban J connectivity index is 1.57. The van der Waals surface area contributed by atoms with E-state index in [0.29, 0.717) is 12.2 Å². The van der Waals surface area contributed by atoms with Crippen LogP contribution in [0, 0.1) is 6.92 Å². The van der Waals surface area contributed by atoms with E-state index < -0.39 is 0 Å². The Morgan fingerprint density at radius 2 is 2.32 bits per heavy atom. The summed E-state index contributed by atoms with van der Waals surface area (Å²) in [5.41, 5.74) is 3.84. The van der Waals surface area contributed by atoms with Gasteiger partial charge in [0.15, 0.2) is 3.92 Å². The number of carbonyl (C=O) groups is 1. The highest BCUT2D eigenvalue weighted by Gasteiger charge is 2.33. The minimum Gasteiger partial charge on any atom is -0.457 e. The zero-order valence-corrected chi connectivity index (χ0v) is 16.3. The van der Waals surface area contributed by atoms with Gasteiger partial charge in [0.25, 0.3) is 0 Å². The lowest BCUT2D eigenvalue weighted by molar-refractivity contribution is 0.0532. The molecule has 4 rings (SSSR count). The summed E-state index contributed by atoms with van der Waals surface area (Å²) in [6.07, 6.45) is 2.29. The first-order valence-corrected chi connectivity index (χ1v) is 9.94. The van der Waals surface area contributed by atoms with Crippen LogP contribution in [0.2, 0.25) is 0 Å². The summed E-state index contributed by atoms with van der Waals surface area (Å²) in [5.74, 6) is -0.197. The molecule has 1 saturated heterocycles. The molecule has 0 saturated carbocycles. The van der Waals surface area contributed by atoms with Gasteiger partial charge in [-0.25, -0.2) is 9.78 Å². The summed E-state index contributed by atoms with van der Waals surface area (Å²) in [7, 11) is 0. The number of likely N-dealkylation sites (tertiary alicyclic amines) is 1. The number of thiazole rings is 1. The van der Waals surface area contributed by atoms with E-state index in [1.807, 2.05) is 25.3 Å². The first-order chi connectivity index (χ1) is 12.0. The Kier molecular flexibility index (Phi) is 4.66. The van der Waals surface area contributed by atoms with E-state index in [1.54, 1.807) is 11.3 Å². The van der Waals surface area contributed by atoms with Gasteiger partial charge >= 0.3 is 5.97 Å². The molecule has 7 heteroatoms. The van der Waals surface area contributed by atoms with Crippen molar-refractivity contribution in [3.8, 4) is 0 Å². The average Bonchev–Trinajstić information content (AvgIpc) is 3.17. The molecule has 2 aliphatic rings. The first kappa shape index (κ1) is 17.1. The maximum Gasteiger partial charge on any atom is 0.338 e. The molecule has 25 heavy (non-hydrogen) atoms. The molecule has 0 unspecified atom stereocenters. The topological polar surface area (TPSA) is 62.7 Å². The molecule has 0 bridgehead atoms. The van der Waals surface area contributed by atoms with Crippen LogP contribution in [0.25, 0.3) is 0 Å². The fraction of sp³-hybridized carbons (Fsp3) is 0.444. The maximum atomic E-state index is 11.7. The molecule has 1 aromatic heterocycles. The number of aliphatic hydroxyl groups is 1. The minimum absolute atomic E-state index is 0.0473. The molecule has 0 aliphatic carbocycles. The third kappa shape index (κ3) is 3.26. The number of rotatable bonds is 3. The number of aromatic nitrogens is 1. The number of esters is 1. The number of ether oxygens (including phenoxy) is 1. The summed E-state index contributed by atoms with van der Waals surface area (Å²) >= 11 is 5.05. The van der Waals surface area contributed by atoms with E-state index in [0.717, 1.165) is 46.7 Å². The monoisotopic (exact) mass is 422 g/mol. The number of hydrogen-bond donors (Lipinski definition) is 1. The van der Waals surface area contributed by atoms with Gasteiger partial charge in [0, 0.05) is 42.2 Å². The number of piperidine rings is 1. The van der Waals surface area contributed by atoms with Crippen molar-refractivity contribution in [1.29, 1.82) is 0 Å². The van der Waals surface area contributed by atoms with Crippen LogP contribution in [0.5, 0.6) is 0 Å². The molecular weight excluding hydrogens is 404 g/mol. The van der Waals surface area contributed by atoms with E-state index in [2.05, 4.69) is 25.8 Å². The zero-order chi connectivity index (χ0) is 17.6. The molecular formula is C18H19BrN2O3S. The molecule has 2 aromatic rings. The van der Waals surface area contributed by atoms with Crippen LogP contribution in [0.15, 0.2) is 22.2 Å². The highest BCUT2D eigenvalue weighted by Crippen LogP contribution is 2.35. The number of carbonyl (C=O) groups excluding carboxylic acids is 1. The Morgan fingerprint density at radius 3 is 3.08 bits per heavy atom.